The van der Waals surface area contributed by atoms with Gasteiger partial charge < -0.3 is 20.1 Å². The molecule has 1 atom stereocenters. The van der Waals surface area contributed by atoms with Gasteiger partial charge in [0.2, 0.25) is 0 Å². The molecule has 0 aliphatic carbocycles. The second kappa shape index (κ2) is 6.99. The van der Waals surface area contributed by atoms with E-state index < -0.39 is 36.0 Å². The highest BCUT2D eigenvalue weighted by molar-refractivity contribution is 5.88. The molecule has 1 amide bonds. The highest BCUT2D eigenvalue weighted by atomic mass is 16.6. The lowest BCUT2D eigenvalue weighted by atomic mass is 9.95. The summed E-state index contributed by atoms with van der Waals surface area (Å²) in [5.41, 5.74) is -0.565. The summed E-state index contributed by atoms with van der Waals surface area (Å²) in [6, 6.07) is 3.72. The maximum absolute atomic E-state index is 11.6. The molecule has 8 heteroatoms. The molecule has 23 heavy (non-hydrogen) atoms. The molecule has 0 saturated carbocycles. The van der Waals surface area contributed by atoms with Crippen molar-refractivity contribution in [2.45, 2.75) is 38.7 Å². The summed E-state index contributed by atoms with van der Waals surface area (Å²) in [7, 11) is 0. The van der Waals surface area contributed by atoms with Gasteiger partial charge in [-0.1, -0.05) is 6.07 Å². The molecular formula is C15H19NO7. The van der Waals surface area contributed by atoms with Gasteiger partial charge in [0.15, 0.2) is 0 Å². The van der Waals surface area contributed by atoms with Crippen LogP contribution in [0.4, 0.5) is 10.5 Å². The zero-order chi connectivity index (χ0) is 17.8. The Hall–Kier alpha value is -2.77. The van der Waals surface area contributed by atoms with Crippen LogP contribution in [-0.2, 0) is 14.3 Å². The number of aromatic hydroxyl groups is 1. The van der Waals surface area contributed by atoms with Crippen LogP contribution in [0.25, 0.3) is 0 Å². The third-order valence-electron chi connectivity index (χ3n) is 2.74. The average molecular weight is 325 g/mol. The number of phenols is 1. The van der Waals surface area contributed by atoms with Crippen molar-refractivity contribution in [3.05, 3.63) is 23.8 Å². The van der Waals surface area contributed by atoms with E-state index >= 15 is 0 Å². The lowest BCUT2D eigenvalue weighted by molar-refractivity contribution is -0.145. The van der Waals surface area contributed by atoms with Gasteiger partial charge in [0, 0.05) is 0 Å². The third kappa shape index (κ3) is 5.85. The second-order valence-corrected chi connectivity index (χ2v) is 5.89. The Kier molecular flexibility index (Phi) is 5.56. The van der Waals surface area contributed by atoms with Gasteiger partial charge in [-0.05, 0) is 38.5 Å². The third-order valence-corrected chi connectivity index (χ3v) is 2.74. The summed E-state index contributed by atoms with van der Waals surface area (Å²) in [6.07, 6.45) is -1.39. The predicted molar refractivity (Wildman–Crippen MR) is 80.6 cm³/mol. The molecule has 1 aromatic rings. The number of hydrogen-bond donors (Lipinski definition) is 4. The molecule has 1 rings (SSSR count). The van der Waals surface area contributed by atoms with Crippen LogP contribution in [0.3, 0.4) is 0 Å². The van der Waals surface area contributed by atoms with Crippen LogP contribution in [-0.4, -0.2) is 39.0 Å². The minimum absolute atomic E-state index is 0.0301. The van der Waals surface area contributed by atoms with E-state index in [9.17, 15) is 19.5 Å². The molecule has 0 heterocycles. The number of phenolic OH excluding ortho intramolecular Hbond substituents is 1. The summed E-state index contributed by atoms with van der Waals surface area (Å²) in [6.45, 7) is 5.04. The molecular weight excluding hydrogens is 306 g/mol. The normalized spacial score (nSPS) is 12.3. The molecule has 4 N–H and O–H groups in total. The van der Waals surface area contributed by atoms with Crippen molar-refractivity contribution in [1.82, 2.24) is 0 Å². The lowest BCUT2D eigenvalue weighted by Gasteiger charge is -2.20. The first-order chi connectivity index (χ1) is 10.5. The fraction of sp³-hybridized carbons (Fsp3) is 0.400. The topological polar surface area (TPSA) is 133 Å². The molecule has 126 valence electrons. The van der Waals surface area contributed by atoms with Crippen LogP contribution < -0.4 is 5.32 Å². The van der Waals surface area contributed by atoms with Crippen molar-refractivity contribution in [2.75, 3.05) is 5.32 Å². The number of aliphatic carboxylic acids is 2. The first-order valence-corrected chi connectivity index (χ1v) is 6.77. The average Bonchev–Trinajstić information content (AvgIpc) is 2.35. The zero-order valence-electron chi connectivity index (χ0n) is 13.0. The maximum atomic E-state index is 11.6. The largest absolute Gasteiger partial charge is 0.506 e. The lowest BCUT2D eigenvalue weighted by Crippen LogP contribution is -2.27. The standard InChI is InChI=1S/C15H19NO7/c1-15(2,3)23-14(22)16-10-5-4-8(6-11(10)17)9(13(20)21)7-12(18)19/h4-6,9,17H,7H2,1-3H3,(H,16,22)(H,18,19)(H,20,21). The van der Waals surface area contributed by atoms with E-state index in [1.54, 1.807) is 20.8 Å². The van der Waals surface area contributed by atoms with Crippen molar-refractivity contribution >= 4 is 23.7 Å². The molecule has 0 aromatic heterocycles. The Morgan fingerprint density at radius 3 is 2.26 bits per heavy atom. The fourth-order valence-corrected chi connectivity index (χ4v) is 1.81. The Morgan fingerprint density at radius 2 is 1.83 bits per heavy atom. The summed E-state index contributed by atoms with van der Waals surface area (Å²) in [5.74, 6) is -4.27. The van der Waals surface area contributed by atoms with Crippen LogP contribution in [0.1, 0.15) is 38.7 Å². The SMILES string of the molecule is CC(C)(C)OC(=O)Nc1ccc(C(CC(=O)O)C(=O)O)cc1O. The van der Waals surface area contributed by atoms with E-state index in [1.807, 2.05) is 0 Å². The number of carbonyl (C=O) groups excluding carboxylic acids is 1. The molecule has 0 aliphatic heterocycles. The monoisotopic (exact) mass is 325 g/mol. The zero-order valence-corrected chi connectivity index (χ0v) is 13.0. The van der Waals surface area contributed by atoms with Crippen LogP contribution in [0.5, 0.6) is 5.75 Å². The highest BCUT2D eigenvalue weighted by Crippen LogP contribution is 2.30. The number of nitrogens with one attached hydrogen (secondary N) is 1. The molecule has 0 spiro atoms. The maximum Gasteiger partial charge on any atom is 0.412 e. The summed E-state index contributed by atoms with van der Waals surface area (Å²) < 4.78 is 5.03. The molecule has 0 aliphatic rings. The first-order valence-electron chi connectivity index (χ1n) is 6.77. The van der Waals surface area contributed by atoms with E-state index in [2.05, 4.69) is 5.32 Å². The van der Waals surface area contributed by atoms with Gasteiger partial charge >= 0.3 is 18.0 Å². The number of rotatable bonds is 5. The number of amides is 1. The smallest absolute Gasteiger partial charge is 0.412 e. The van der Waals surface area contributed by atoms with Crippen molar-refractivity contribution < 1.29 is 34.4 Å². The Morgan fingerprint density at radius 1 is 1.22 bits per heavy atom. The molecule has 8 nitrogen and oxygen atoms in total. The minimum Gasteiger partial charge on any atom is -0.506 e. The van der Waals surface area contributed by atoms with Crippen LogP contribution in [0.15, 0.2) is 18.2 Å². The number of benzene rings is 1. The Balaban J connectivity index is 2.95. The van der Waals surface area contributed by atoms with Crippen molar-refractivity contribution in [3.8, 4) is 5.75 Å². The van der Waals surface area contributed by atoms with Gasteiger partial charge in [-0.25, -0.2) is 4.79 Å². The molecule has 0 bridgehead atoms. The van der Waals surface area contributed by atoms with Crippen molar-refractivity contribution in [1.29, 1.82) is 0 Å². The Labute approximate surface area is 132 Å². The number of ether oxygens (including phenoxy) is 1. The summed E-state index contributed by atoms with van der Waals surface area (Å²) in [4.78, 5) is 33.5. The summed E-state index contributed by atoms with van der Waals surface area (Å²) >= 11 is 0. The highest BCUT2D eigenvalue weighted by Gasteiger charge is 2.24. The number of hydrogen-bond acceptors (Lipinski definition) is 5. The molecule has 0 fully saturated rings. The number of carboxylic acids is 2. The van der Waals surface area contributed by atoms with Crippen LogP contribution >= 0.6 is 0 Å². The van der Waals surface area contributed by atoms with E-state index in [1.165, 1.54) is 12.1 Å². The van der Waals surface area contributed by atoms with Gasteiger partial charge in [-0.2, -0.15) is 0 Å². The van der Waals surface area contributed by atoms with Crippen LogP contribution in [0, 0.1) is 0 Å². The predicted octanol–water partition coefficient (Wildman–Crippen LogP) is 2.38. The Bertz CT molecular complexity index is 619. The van der Waals surface area contributed by atoms with Crippen molar-refractivity contribution in [2.24, 2.45) is 0 Å². The van der Waals surface area contributed by atoms with E-state index in [4.69, 9.17) is 14.9 Å². The van der Waals surface area contributed by atoms with Gasteiger partial charge in [0.05, 0.1) is 18.0 Å². The van der Waals surface area contributed by atoms with Gasteiger partial charge in [-0.3, -0.25) is 14.9 Å². The first kappa shape index (κ1) is 18.3. The summed E-state index contributed by atoms with van der Waals surface area (Å²) in [5, 5.41) is 30.0. The minimum atomic E-state index is -1.32. The number of carboxylic acid groups (broad SMARTS) is 2. The molecule has 0 saturated heterocycles. The fourth-order valence-electron chi connectivity index (χ4n) is 1.81. The van der Waals surface area contributed by atoms with E-state index in [0.29, 0.717) is 0 Å². The van der Waals surface area contributed by atoms with Crippen LogP contribution in [0.2, 0.25) is 0 Å². The second-order valence-electron chi connectivity index (χ2n) is 5.89. The quantitative estimate of drug-likeness (QED) is 0.611. The van der Waals surface area contributed by atoms with Crippen molar-refractivity contribution in [3.63, 3.8) is 0 Å². The van der Waals surface area contributed by atoms with Gasteiger partial charge in [0.1, 0.15) is 11.4 Å². The van der Waals surface area contributed by atoms with E-state index in [-0.39, 0.29) is 17.0 Å². The van der Waals surface area contributed by atoms with Gasteiger partial charge in [0.25, 0.3) is 0 Å². The number of anilines is 1. The van der Waals surface area contributed by atoms with E-state index in [0.717, 1.165) is 6.07 Å². The molecule has 0 radical (unpaired) electrons. The number of carbonyl (C=O) groups is 3. The molecule has 1 aromatic carbocycles. The molecule has 1 unspecified atom stereocenters. The van der Waals surface area contributed by atoms with Gasteiger partial charge in [-0.15, -0.1) is 0 Å².